The van der Waals surface area contributed by atoms with E-state index in [4.69, 9.17) is 4.74 Å². The van der Waals surface area contributed by atoms with E-state index in [1.807, 2.05) is 29.2 Å². The van der Waals surface area contributed by atoms with Crippen LogP contribution < -0.4 is 4.74 Å². The summed E-state index contributed by atoms with van der Waals surface area (Å²) in [6, 6.07) is 11.1. The third kappa shape index (κ3) is 4.94. The second kappa shape index (κ2) is 8.51. The average Bonchev–Trinajstić information content (AvgIpc) is 3.13. The van der Waals surface area contributed by atoms with Gasteiger partial charge in [-0.2, -0.15) is 0 Å². The molecule has 0 bridgehead atoms. The quantitative estimate of drug-likeness (QED) is 0.738. The summed E-state index contributed by atoms with van der Waals surface area (Å²) in [5.41, 5.74) is 1.67. The van der Waals surface area contributed by atoms with E-state index in [1.54, 1.807) is 24.5 Å². The minimum Gasteiger partial charge on any atom is -0.489 e. The van der Waals surface area contributed by atoms with Gasteiger partial charge >= 0.3 is 0 Å². The maximum atomic E-state index is 12.8. The fourth-order valence-corrected chi connectivity index (χ4v) is 5.64. The first-order valence-electron chi connectivity index (χ1n) is 9.86. The number of nitrogens with zero attached hydrogens (tertiary/aromatic N) is 3. The summed E-state index contributed by atoms with van der Waals surface area (Å²) < 4.78 is 29.1. The molecule has 1 atom stereocenters. The van der Waals surface area contributed by atoms with Gasteiger partial charge in [0.1, 0.15) is 12.4 Å². The Kier molecular flexibility index (Phi) is 5.82. The van der Waals surface area contributed by atoms with E-state index in [2.05, 4.69) is 9.88 Å². The lowest BCUT2D eigenvalue weighted by molar-refractivity contribution is 0.0588. The van der Waals surface area contributed by atoms with Crippen LogP contribution in [0.3, 0.4) is 0 Å². The van der Waals surface area contributed by atoms with Gasteiger partial charge in [-0.3, -0.25) is 14.7 Å². The van der Waals surface area contributed by atoms with Gasteiger partial charge in [0, 0.05) is 50.2 Å². The smallest absolute Gasteiger partial charge is 0.253 e. The molecule has 2 aromatic rings. The molecule has 0 N–H and O–H groups in total. The number of pyridine rings is 1. The topological polar surface area (TPSA) is 79.8 Å². The van der Waals surface area contributed by atoms with Gasteiger partial charge in [0.15, 0.2) is 9.84 Å². The van der Waals surface area contributed by atoms with E-state index in [-0.39, 0.29) is 23.5 Å². The van der Waals surface area contributed by atoms with Crippen molar-refractivity contribution >= 4 is 15.7 Å². The van der Waals surface area contributed by atoms with Crippen molar-refractivity contribution in [2.24, 2.45) is 0 Å². The van der Waals surface area contributed by atoms with Gasteiger partial charge in [-0.1, -0.05) is 0 Å². The molecule has 0 aliphatic carbocycles. The van der Waals surface area contributed by atoms with Crippen molar-refractivity contribution in [1.29, 1.82) is 0 Å². The van der Waals surface area contributed by atoms with E-state index in [0.717, 1.165) is 18.7 Å². The van der Waals surface area contributed by atoms with Crippen LogP contribution in [-0.4, -0.2) is 72.8 Å². The standard InChI is InChI=1S/C21H25N3O4S/c25-21(24-12-10-23(11-13-24)19-7-14-29(26,27)16-19)18-1-3-20(4-2-18)28-15-17-5-8-22-9-6-17/h1-6,8-9,19H,7,10-16H2. The largest absolute Gasteiger partial charge is 0.489 e. The summed E-state index contributed by atoms with van der Waals surface area (Å²) in [4.78, 5) is 20.8. The summed E-state index contributed by atoms with van der Waals surface area (Å²) in [7, 11) is -2.88. The first-order chi connectivity index (χ1) is 14.0. The van der Waals surface area contributed by atoms with E-state index < -0.39 is 9.84 Å². The van der Waals surface area contributed by atoms with Gasteiger partial charge in [-0.25, -0.2) is 8.42 Å². The molecule has 2 aliphatic rings. The number of hydrogen-bond donors (Lipinski definition) is 0. The molecule has 154 valence electrons. The molecule has 2 aliphatic heterocycles. The molecule has 0 radical (unpaired) electrons. The van der Waals surface area contributed by atoms with Crippen molar-refractivity contribution in [3.63, 3.8) is 0 Å². The number of aromatic nitrogens is 1. The summed E-state index contributed by atoms with van der Waals surface area (Å²) in [5, 5.41) is 0. The first-order valence-corrected chi connectivity index (χ1v) is 11.7. The van der Waals surface area contributed by atoms with Gasteiger partial charge < -0.3 is 9.64 Å². The third-order valence-electron chi connectivity index (χ3n) is 5.58. The Morgan fingerprint density at radius 2 is 1.72 bits per heavy atom. The maximum Gasteiger partial charge on any atom is 0.253 e. The minimum absolute atomic E-state index is 0.00405. The highest BCUT2D eigenvalue weighted by Crippen LogP contribution is 2.20. The number of sulfone groups is 1. The molecule has 1 unspecified atom stereocenters. The van der Waals surface area contributed by atoms with Crippen molar-refractivity contribution in [2.45, 2.75) is 19.1 Å². The molecule has 2 fully saturated rings. The zero-order chi connectivity index (χ0) is 20.3. The van der Waals surface area contributed by atoms with Crippen molar-refractivity contribution in [1.82, 2.24) is 14.8 Å². The molecular weight excluding hydrogens is 390 g/mol. The molecule has 1 aromatic heterocycles. The summed E-state index contributed by atoms with van der Waals surface area (Å²) in [6.45, 7) is 3.14. The molecule has 1 aromatic carbocycles. The molecule has 7 nitrogen and oxygen atoms in total. The van der Waals surface area contributed by atoms with Crippen LogP contribution in [0.25, 0.3) is 0 Å². The number of piperazine rings is 1. The van der Waals surface area contributed by atoms with Crippen LogP contribution in [0.15, 0.2) is 48.8 Å². The van der Waals surface area contributed by atoms with Crippen LogP contribution in [0.4, 0.5) is 0 Å². The van der Waals surface area contributed by atoms with E-state index in [9.17, 15) is 13.2 Å². The molecule has 29 heavy (non-hydrogen) atoms. The summed E-state index contributed by atoms with van der Waals surface area (Å²) in [6.07, 6.45) is 4.16. The van der Waals surface area contributed by atoms with Crippen LogP contribution in [0.5, 0.6) is 5.75 Å². The minimum atomic E-state index is -2.88. The molecule has 4 rings (SSSR count). The maximum absolute atomic E-state index is 12.8. The normalized spacial score (nSPS) is 21.8. The van der Waals surface area contributed by atoms with Crippen molar-refractivity contribution in [3.8, 4) is 5.75 Å². The molecule has 1 amide bonds. The number of carbonyl (C=O) groups excluding carboxylic acids is 1. The zero-order valence-corrected chi connectivity index (χ0v) is 17.1. The number of ether oxygens (including phenoxy) is 1. The van der Waals surface area contributed by atoms with E-state index >= 15 is 0 Å². The highest BCUT2D eigenvalue weighted by molar-refractivity contribution is 7.91. The van der Waals surface area contributed by atoms with Gasteiger partial charge in [0.2, 0.25) is 0 Å². The monoisotopic (exact) mass is 415 g/mol. The molecular formula is C21H25N3O4S. The highest BCUT2D eigenvalue weighted by atomic mass is 32.2. The Bertz CT molecular complexity index is 940. The van der Waals surface area contributed by atoms with Gasteiger partial charge in [0.05, 0.1) is 11.5 Å². The van der Waals surface area contributed by atoms with Gasteiger partial charge in [0.25, 0.3) is 5.91 Å². The van der Waals surface area contributed by atoms with E-state index in [0.29, 0.717) is 37.4 Å². The Morgan fingerprint density at radius 3 is 2.34 bits per heavy atom. The molecule has 0 saturated carbocycles. The van der Waals surface area contributed by atoms with Crippen LogP contribution in [-0.2, 0) is 16.4 Å². The molecule has 0 spiro atoms. The third-order valence-corrected chi connectivity index (χ3v) is 7.33. The van der Waals surface area contributed by atoms with Crippen molar-refractivity contribution < 1.29 is 17.9 Å². The Labute approximate surface area is 171 Å². The predicted octanol–water partition coefficient (Wildman–Crippen LogP) is 1.61. The number of carbonyl (C=O) groups is 1. The van der Waals surface area contributed by atoms with Crippen molar-refractivity contribution in [3.05, 3.63) is 59.9 Å². The fraction of sp³-hybridized carbons (Fsp3) is 0.429. The highest BCUT2D eigenvalue weighted by Gasteiger charge is 2.34. The Morgan fingerprint density at radius 1 is 1.03 bits per heavy atom. The Balaban J connectivity index is 1.28. The molecule has 3 heterocycles. The van der Waals surface area contributed by atoms with Crippen LogP contribution in [0.1, 0.15) is 22.3 Å². The van der Waals surface area contributed by atoms with E-state index in [1.165, 1.54) is 0 Å². The van der Waals surface area contributed by atoms with Crippen LogP contribution >= 0.6 is 0 Å². The van der Waals surface area contributed by atoms with Gasteiger partial charge in [-0.05, 0) is 48.4 Å². The number of benzene rings is 1. The summed E-state index contributed by atoms with van der Waals surface area (Å²) >= 11 is 0. The number of hydrogen-bond acceptors (Lipinski definition) is 6. The Hall–Kier alpha value is -2.45. The SMILES string of the molecule is O=C(c1ccc(OCc2ccncc2)cc1)N1CCN(C2CCS(=O)(=O)C2)CC1. The lowest BCUT2D eigenvalue weighted by atomic mass is 10.1. The lowest BCUT2D eigenvalue weighted by Crippen LogP contribution is -2.52. The van der Waals surface area contributed by atoms with Gasteiger partial charge in [-0.15, -0.1) is 0 Å². The average molecular weight is 416 g/mol. The predicted molar refractivity (Wildman–Crippen MR) is 110 cm³/mol. The van der Waals surface area contributed by atoms with Crippen molar-refractivity contribution in [2.75, 3.05) is 37.7 Å². The fourth-order valence-electron chi connectivity index (χ4n) is 3.88. The summed E-state index contributed by atoms with van der Waals surface area (Å²) in [5.74, 6) is 1.25. The molecule has 8 heteroatoms. The number of rotatable bonds is 5. The van der Waals surface area contributed by atoms with Crippen LogP contribution in [0.2, 0.25) is 0 Å². The number of amides is 1. The second-order valence-electron chi connectivity index (χ2n) is 7.55. The second-order valence-corrected chi connectivity index (χ2v) is 9.78. The van der Waals surface area contributed by atoms with Crippen LogP contribution in [0, 0.1) is 0 Å². The zero-order valence-electron chi connectivity index (χ0n) is 16.2. The molecule has 2 saturated heterocycles. The lowest BCUT2D eigenvalue weighted by Gasteiger charge is -2.37. The first kappa shape index (κ1) is 19.8.